The van der Waals surface area contributed by atoms with E-state index in [1.165, 1.54) is 0 Å². The van der Waals surface area contributed by atoms with Crippen molar-refractivity contribution in [3.05, 3.63) is 16.3 Å². The average molecular weight is 339 g/mol. The van der Waals surface area contributed by atoms with Gasteiger partial charge in [-0.1, -0.05) is 18.7 Å². The summed E-state index contributed by atoms with van der Waals surface area (Å²) in [6.07, 6.45) is 5.34. The Morgan fingerprint density at radius 1 is 1.48 bits per heavy atom. The van der Waals surface area contributed by atoms with Crippen molar-refractivity contribution in [1.82, 2.24) is 15.3 Å². The number of nitrogen functional groups attached to an aromatic ring is 1. The van der Waals surface area contributed by atoms with E-state index < -0.39 is 10.2 Å². The molecule has 1 aromatic rings. The fraction of sp³-hybridized carbons (Fsp3) is 0.643. The largest absolute Gasteiger partial charge is 0.378 e. The summed E-state index contributed by atoms with van der Waals surface area (Å²) in [5, 5.41) is 13.6. The van der Waals surface area contributed by atoms with E-state index in [4.69, 9.17) is 5.73 Å². The van der Waals surface area contributed by atoms with Crippen LogP contribution >= 0.6 is 11.8 Å². The highest BCUT2D eigenvalue weighted by Crippen LogP contribution is 2.26. The number of nitrogens with one attached hydrogen (secondary N) is 1. The summed E-state index contributed by atoms with van der Waals surface area (Å²) in [7, 11) is 0. The van der Waals surface area contributed by atoms with Crippen molar-refractivity contribution in [2.75, 3.05) is 5.73 Å². The minimum atomic E-state index is -0.635. The number of rotatable bonds is 5. The number of carbonyl (C=O) groups excluding carboxylic acids is 1. The Labute approximate surface area is 138 Å². The minimum Gasteiger partial charge on any atom is -0.378 e. The molecule has 9 heteroatoms. The molecule has 1 aliphatic carbocycles. The quantitative estimate of drug-likeness (QED) is 0.364. The first kappa shape index (κ1) is 17.5. The fourth-order valence-electron chi connectivity index (χ4n) is 2.50. The maximum atomic E-state index is 12.2. The standard InChI is InChI=1S/C14H21N5O3S/c1-8-3-5-10(6-4-8)17-13(20)9(2)23-14-16-7-11(19(21)22)12(15)18-14/h7-10H,3-6H2,1-2H3,(H,17,20)(H2,15,16,18). The molecule has 1 amide bonds. The molecule has 1 aromatic heterocycles. The van der Waals surface area contributed by atoms with Gasteiger partial charge in [-0.3, -0.25) is 14.9 Å². The van der Waals surface area contributed by atoms with Gasteiger partial charge in [-0.2, -0.15) is 4.98 Å². The zero-order chi connectivity index (χ0) is 17.0. The van der Waals surface area contributed by atoms with E-state index in [0.717, 1.165) is 49.6 Å². The van der Waals surface area contributed by atoms with Crippen LogP contribution in [-0.2, 0) is 4.79 Å². The van der Waals surface area contributed by atoms with E-state index in [-0.39, 0.29) is 28.6 Å². The van der Waals surface area contributed by atoms with Crippen molar-refractivity contribution < 1.29 is 9.72 Å². The third kappa shape index (κ3) is 4.78. The maximum absolute atomic E-state index is 12.2. The second-order valence-corrected chi connectivity index (χ2v) is 7.21. The van der Waals surface area contributed by atoms with Crippen molar-refractivity contribution in [2.45, 2.75) is 56.0 Å². The van der Waals surface area contributed by atoms with Gasteiger partial charge in [-0.05, 0) is 38.5 Å². The van der Waals surface area contributed by atoms with E-state index in [2.05, 4.69) is 22.2 Å². The molecule has 1 unspecified atom stereocenters. The summed E-state index contributed by atoms with van der Waals surface area (Å²) in [6, 6.07) is 0.226. The zero-order valence-electron chi connectivity index (χ0n) is 13.2. The molecule has 2 rings (SSSR count). The van der Waals surface area contributed by atoms with Gasteiger partial charge in [0.25, 0.3) is 0 Å². The number of anilines is 1. The predicted octanol–water partition coefficient (Wildman–Crippen LogP) is 2.14. The Hall–Kier alpha value is -1.90. The predicted molar refractivity (Wildman–Crippen MR) is 88.0 cm³/mol. The van der Waals surface area contributed by atoms with Crippen LogP contribution in [0.5, 0.6) is 0 Å². The van der Waals surface area contributed by atoms with Gasteiger partial charge in [-0.25, -0.2) is 4.98 Å². The van der Waals surface area contributed by atoms with Gasteiger partial charge < -0.3 is 11.1 Å². The Balaban J connectivity index is 1.90. The second kappa shape index (κ2) is 7.58. The van der Waals surface area contributed by atoms with Crippen LogP contribution in [0.3, 0.4) is 0 Å². The summed E-state index contributed by atoms with van der Waals surface area (Å²) in [5.41, 5.74) is 5.20. The van der Waals surface area contributed by atoms with Crippen molar-refractivity contribution in [3.63, 3.8) is 0 Å². The number of amides is 1. The molecule has 0 aromatic carbocycles. The number of nitrogens with two attached hydrogens (primary N) is 1. The van der Waals surface area contributed by atoms with Crippen molar-refractivity contribution in [3.8, 4) is 0 Å². The lowest BCUT2D eigenvalue weighted by Crippen LogP contribution is -2.41. The Morgan fingerprint density at radius 2 is 2.13 bits per heavy atom. The van der Waals surface area contributed by atoms with Crippen LogP contribution in [0.4, 0.5) is 11.5 Å². The van der Waals surface area contributed by atoms with E-state index in [0.29, 0.717) is 0 Å². The first-order chi connectivity index (χ1) is 10.9. The molecule has 0 saturated heterocycles. The smallest absolute Gasteiger partial charge is 0.329 e. The van der Waals surface area contributed by atoms with E-state index in [1.54, 1.807) is 6.92 Å². The van der Waals surface area contributed by atoms with Crippen LogP contribution in [0.1, 0.15) is 39.5 Å². The maximum Gasteiger partial charge on any atom is 0.329 e. The van der Waals surface area contributed by atoms with E-state index in [1.807, 2.05) is 0 Å². The number of nitrogens with zero attached hydrogens (tertiary/aromatic N) is 3. The molecule has 0 bridgehead atoms. The average Bonchev–Trinajstić information content (AvgIpc) is 2.49. The van der Waals surface area contributed by atoms with E-state index in [9.17, 15) is 14.9 Å². The number of carbonyl (C=O) groups is 1. The molecule has 3 N–H and O–H groups in total. The van der Waals surface area contributed by atoms with Crippen molar-refractivity contribution in [1.29, 1.82) is 0 Å². The van der Waals surface area contributed by atoms with Gasteiger partial charge in [0, 0.05) is 6.04 Å². The molecule has 0 aliphatic heterocycles. The molecule has 1 fully saturated rings. The van der Waals surface area contributed by atoms with Gasteiger partial charge in [0.2, 0.25) is 11.7 Å². The van der Waals surface area contributed by atoms with Crippen LogP contribution < -0.4 is 11.1 Å². The molecule has 23 heavy (non-hydrogen) atoms. The van der Waals surface area contributed by atoms with Crippen LogP contribution in [0.25, 0.3) is 0 Å². The van der Waals surface area contributed by atoms with Crippen LogP contribution in [-0.4, -0.2) is 32.1 Å². The van der Waals surface area contributed by atoms with Crippen molar-refractivity contribution in [2.24, 2.45) is 5.92 Å². The summed E-state index contributed by atoms with van der Waals surface area (Å²) in [6.45, 7) is 3.99. The number of aromatic nitrogens is 2. The number of hydrogen-bond acceptors (Lipinski definition) is 7. The number of thioether (sulfide) groups is 1. The van der Waals surface area contributed by atoms with Crippen LogP contribution in [0, 0.1) is 16.0 Å². The molecule has 0 radical (unpaired) electrons. The Morgan fingerprint density at radius 3 is 2.70 bits per heavy atom. The topological polar surface area (TPSA) is 124 Å². The molecule has 1 atom stereocenters. The lowest BCUT2D eigenvalue weighted by atomic mass is 9.87. The third-order valence-corrected chi connectivity index (χ3v) is 4.96. The zero-order valence-corrected chi connectivity index (χ0v) is 14.0. The Bertz CT molecular complexity index is 590. The van der Waals surface area contributed by atoms with Crippen LogP contribution in [0.2, 0.25) is 0 Å². The second-order valence-electron chi connectivity index (χ2n) is 5.91. The van der Waals surface area contributed by atoms with E-state index >= 15 is 0 Å². The highest BCUT2D eigenvalue weighted by atomic mass is 32.2. The lowest BCUT2D eigenvalue weighted by molar-refractivity contribution is -0.384. The highest BCUT2D eigenvalue weighted by Gasteiger charge is 2.24. The molecular formula is C14H21N5O3S. The van der Waals surface area contributed by atoms with Crippen molar-refractivity contribution >= 4 is 29.2 Å². The van der Waals surface area contributed by atoms with Crippen LogP contribution in [0.15, 0.2) is 11.4 Å². The molecule has 1 heterocycles. The minimum absolute atomic E-state index is 0.0740. The summed E-state index contributed by atoms with van der Waals surface area (Å²) in [5.74, 6) is 0.461. The van der Waals surface area contributed by atoms with Gasteiger partial charge in [-0.15, -0.1) is 0 Å². The molecule has 1 saturated carbocycles. The van der Waals surface area contributed by atoms with Gasteiger partial charge in [0.05, 0.1) is 10.2 Å². The molecule has 0 spiro atoms. The Kier molecular flexibility index (Phi) is 5.75. The third-order valence-electron chi connectivity index (χ3n) is 3.99. The number of hydrogen-bond donors (Lipinski definition) is 2. The highest BCUT2D eigenvalue weighted by molar-refractivity contribution is 8.00. The van der Waals surface area contributed by atoms with Gasteiger partial charge in [0.1, 0.15) is 6.20 Å². The first-order valence-electron chi connectivity index (χ1n) is 7.60. The lowest BCUT2D eigenvalue weighted by Gasteiger charge is -2.27. The SMILES string of the molecule is CC1CCC(NC(=O)C(C)Sc2ncc([N+](=O)[O-])c(N)n2)CC1. The van der Waals surface area contributed by atoms with Gasteiger partial charge >= 0.3 is 5.69 Å². The fourth-order valence-corrected chi connectivity index (χ4v) is 3.26. The molecule has 126 valence electrons. The van der Waals surface area contributed by atoms with Gasteiger partial charge in [0.15, 0.2) is 5.16 Å². The summed E-state index contributed by atoms with van der Waals surface area (Å²) in [4.78, 5) is 30.0. The molecule has 8 nitrogen and oxygen atoms in total. The summed E-state index contributed by atoms with van der Waals surface area (Å²) < 4.78 is 0. The summed E-state index contributed by atoms with van der Waals surface area (Å²) >= 11 is 1.14. The normalized spacial score (nSPS) is 22.3. The number of nitro groups is 1. The monoisotopic (exact) mass is 339 g/mol. The molecule has 1 aliphatic rings. The molecular weight excluding hydrogens is 318 g/mol. The first-order valence-corrected chi connectivity index (χ1v) is 8.48.